The minimum absolute atomic E-state index is 0.164. The predicted octanol–water partition coefficient (Wildman–Crippen LogP) is 3.75. The van der Waals surface area contributed by atoms with Crippen LogP contribution in [0.1, 0.15) is 37.8 Å². The molecule has 0 radical (unpaired) electrons. The molecule has 1 aromatic rings. The minimum atomic E-state index is -4.47. The molecule has 0 amide bonds. The van der Waals surface area contributed by atoms with Gasteiger partial charge < -0.3 is 14.8 Å². The maximum Gasteiger partial charge on any atom is 0.420 e. The van der Waals surface area contributed by atoms with Gasteiger partial charge in [0.05, 0.1) is 14.2 Å². The van der Waals surface area contributed by atoms with Crippen LogP contribution in [0.4, 0.5) is 13.2 Å². The second kappa shape index (κ2) is 5.99. The van der Waals surface area contributed by atoms with Crippen molar-refractivity contribution in [3.63, 3.8) is 0 Å². The van der Waals surface area contributed by atoms with Crippen LogP contribution in [0.25, 0.3) is 0 Å². The summed E-state index contributed by atoms with van der Waals surface area (Å²) in [5.41, 5.74) is -0.342. The summed E-state index contributed by atoms with van der Waals surface area (Å²) in [6.45, 7) is 4.83. The van der Waals surface area contributed by atoms with Crippen molar-refractivity contribution < 1.29 is 22.6 Å². The summed E-state index contributed by atoms with van der Waals surface area (Å²) in [5.74, 6) is 0.0927. The summed E-state index contributed by atoms with van der Waals surface area (Å²) in [5, 5.41) is 3.39. The molecule has 1 saturated heterocycles. The molecule has 0 aliphatic carbocycles. The predicted molar refractivity (Wildman–Crippen MR) is 78.6 cm³/mol. The molecule has 3 nitrogen and oxygen atoms in total. The Labute approximate surface area is 128 Å². The highest BCUT2D eigenvalue weighted by Gasteiger charge is 2.39. The van der Waals surface area contributed by atoms with Crippen LogP contribution in [0.2, 0.25) is 0 Å². The Morgan fingerprint density at radius 3 is 2.27 bits per heavy atom. The molecule has 1 aromatic carbocycles. The van der Waals surface area contributed by atoms with Gasteiger partial charge in [-0.1, -0.05) is 6.92 Å². The maximum atomic E-state index is 13.1. The fourth-order valence-corrected chi connectivity index (χ4v) is 2.95. The van der Waals surface area contributed by atoms with Gasteiger partial charge in [0.15, 0.2) is 0 Å². The van der Waals surface area contributed by atoms with Crippen molar-refractivity contribution in [2.24, 2.45) is 0 Å². The number of piperidine rings is 1. The fourth-order valence-electron chi connectivity index (χ4n) is 2.95. The Hall–Kier alpha value is -1.43. The molecule has 124 valence electrons. The van der Waals surface area contributed by atoms with E-state index in [-0.39, 0.29) is 16.9 Å². The molecule has 6 heteroatoms. The first-order valence-corrected chi connectivity index (χ1v) is 7.28. The molecule has 0 bridgehead atoms. The molecule has 1 N–H and O–H groups in total. The Morgan fingerprint density at radius 1 is 1.18 bits per heavy atom. The van der Waals surface area contributed by atoms with Crippen molar-refractivity contribution in [1.29, 1.82) is 0 Å². The first-order valence-electron chi connectivity index (χ1n) is 7.28. The van der Waals surface area contributed by atoms with Gasteiger partial charge in [-0.05, 0) is 31.9 Å². The lowest BCUT2D eigenvalue weighted by molar-refractivity contribution is -0.138. The Kier molecular flexibility index (Phi) is 4.61. The van der Waals surface area contributed by atoms with Gasteiger partial charge in [-0.3, -0.25) is 0 Å². The molecule has 1 aliphatic heterocycles. The maximum absolute atomic E-state index is 13.1. The lowest BCUT2D eigenvalue weighted by Gasteiger charge is -2.38. The van der Waals surface area contributed by atoms with Crippen molar-refractivity contribution in [1.82, 2.24) is 5.32 Å². The molecule has 1 aliphatic rings. The van der Waals surface area contributed by atoms with Gasteiger partial charge in [-0.25, -0.2) is 0 Å². The molecule has 22 heavy (non-hydrogen) atoms. The summed E-state index contributed by atoms with van der Waals surface area (Å²) < 4.78 is 49.6. The Morgan fingerprint density at radius 2 is 1.82 bits per heavy atom. The molecule has 1 heterocycles. The average molecular weight is 317 g/mol. The van der Waals surface area contributed by atoms with E-state index in [1.165, 1.54) is 20.3 Å². The smallest absolute Gasteiger partial charge is 0.420 e. The van der Waals surface area contributed by atoms with E-state index >= 15 is 0 Å². The summed E-state index contributed by atoms with van der Waals surface area (Å²) in [6, 6.07) is 2.92. The number of methoxy groups -OCH3 is 2. The van der Waals surface area contributed by atoms with E-state index in [0.717, 1.165) is 24.5 Å². The molecule has 0 spiro atoms. The van der Waals surface area contributed by atoms with Crippen LogP contribution in [0.5, 0.6) is 11.5 Å². The van der Waals surface area contributed by atoms with E-state index in [1.807, 2.05) is 6.92 Å². The molecule has 2 rings (SSSR count). The Balaban J connectivity index is 2.52. The van der Waals surface area contributed by atoms with E-state index < -0.39 is 11.7 Å². The van der Waals surface area contributed by atoms with Crippen LogP contribution in [0.3, 0.4) is 0 Å². The second-order valence-corrected chi connectivity index (χ2v) is 6.13. The summed E-state index contributed by atoms with van der Waals surface area (Å²) in [4.78, 5) is 0. The third-order valence-electron chi connectivity index (χ3n) is 4.45. The van der Waals surface area contributed by atoms with E-state index in [2.05, 4.69) is 12.2 Å². The summed E-state index contributed by atoms with van der Waals surface area (Å²) in [6.07, 6.45) is -2.63. The zero-order valence-electron chi connectivity index (χ0n) is 13.3. The first kappa shape index (κ1) is 16.9. The Bertz CT molecular complexity index is 535. The van der Waals surface area contributed by atoms with Gasteiger partial charge in [0.2, 0.25) is 0 Å². The standard InChI is InChI=1S/C16H22F3NO2/c1-10-5-6-15(2,9-20-10)11-7-14(22-4)12(16(17,18)19)8-13(11)21-3/h7-8,10,20H,5-6,9H2,1-4H3. The minimum Gasteiger partial charge on any atom is -0.496 e. The third kappa shape index (κ3) is 3.16. The quantitative estimate of drug-likeness (QED) is 0.921. The number of hydrogen-bond donors (Lipinski definition) is 1. The topological polar surface area (TPSA) is 30.5 Å². The van der Waals surface area contributed by atoms with E-state index in [1.54, 1.807) is 0 Å². The van der Waals surface area contributed by atoms with Gasteiger partial charge in [0.1, 0.15) is 17.1 Å². The molecule has 2 atom stereocenters. The van der Waals surface area contributed by atoms with Crippen molar-refractivity contribution in [2.45, 2.75) is 44.3 Å². The van der Waals surface area contributed by atoms with Crippen molar-refractivity contribution >= 4 is 0 Å². The highest BCUT2D eigenvalue weighted by Crippen LogP contribution is 2.45. The van der Waals surface area contributed by atoms with Crippen LogP contribution in [-0.2, 0) is 11.6 Å². The van der Waals surface area contributed by atoms with Gasteiger partial charge >= 0.3 is 6.18 Å². The van der Waals surface area contributed by atoms with Crippen molar-refractivity contribution in [3.8, 4) is 11.5 Å². The van der Waals surface area contributed by atoms with Crippen molar-refractivity contribution in [2.75, 3.05) is 20.8 Å². The molecule has 0 saturated carbocycles. The second-order valence-electron chi connectivity index (χ2n) is 6.13. The monoisotopic (exact) mass is 317 g/mol. The van der Waals surface area contributed by atoms with E-state index in [4.69, 9.17) is 9.47 Å². The first-order chi connectivity index (χ1) is 10.2. The van der Waals surface area contributed by atoms with Gasteiger partial charge in [-0.15, -0.1) is 0 Å². The normalized spacial score (nSPS) is 25.9. The lowest BCUT2D eigenvalue weighted by atomic mass is 9.74. The third-order valence-corrected chi connectivity index (χ3v) is 4.45. The highest BCUT2D eigenvalue weighted by molar-refractivity contribution is 5.51. The number of halogens is 3. The number of ether oxygens (including phenoxy) is 2. The van der Waals surface area contributed by atoms with Gasteiger partial charge in [0, 0.05) is 23.6 Å². The zero-order chi connectivity index (χ0) is 16.5. The number of rotatable bonds is 3. The molecular formula is C16H22F3NO2. The molecule has 1 fully saturated rings. The SMILES string of the molecule is COc1cc(C2(C)CCC(C)NC2)c(OC)cc1C(F)(F)F. The number of nitrogens with one attached hydrogen (secondary N) is 1. The van der Waals surface area contributed by atoms with E-state index in [9.17, 15) is 13.2 Å². The zero-order valence-corrected chi connectivity index (χ0v) is 13.3. The number of alkyl halides is 3. The highest BCUT2D eigenvalue weighted by atomic mass is 19.4. The molecule has 0 aromatic heterocycles. The fraction of sp³-hybridized carbons (Fsp3) is 0.625. The van der Waals surface area contributed by atoms with Crippen LogP contribution >= 0.6 is 0 Å². The van der Waals surface area contributed by atoms with Crippen LogP contribution in [-0.4, -0.2) is 26.8 Å². The van der Waals surface area contributed by atoms with E-state index in [0.29, 0.717) is 12.6 Å². The molecule has 2 unspecified atom stereocenters. The summed E-state index contributed by atoms with van der Waals surface area (Å²) >= 11 is 0. The molecular weight excluding hydrogens is 295 g/mol. The van der Waals surface area contributed by atoms with Gasteiger partial charge in [0.25, 0.3) is 0 Å². The summed E-state index contributed by atoms with van der Waals surface area (Å²) in [7, 11) is 2.65. The van der Waals surface area contributed by atoms with Crippen LogP contribution in [0.15, 0.2) is 12.1 Å². The number of hydrogen-bond acceptors (Lipinski definition) is 3. The van der Waals surface area contributed by atoms with Crippen molar-refractivity contribution in [3.05, 3.63) is 23.3 Å². The van der Waals surface area contributed by atoms with Crippen LogP contribution < -0.4 is 14.8 Å². The largest absolute Gasteiger partial charge is 0.496 e. The number of benzene rings is 1. The van der Waals surface area contributed by atoms with Crippen LogP contribution in [0, 0.1) is 0 Å². The lowest BCUT2D eigenvalue weighted by Crippen LogP contribution is -2.45. The van der Waals surface area contributed by atoms with Gasteiger partial charge in [-0.2, -0.15) is 13.2 Å². The average Bonchev–Trinajstić information content (AvgIpc) is 2.48.